The molecule has 1 N–H and O–H groups in total. The van der Waals surface area contributed by atoms with Gasteiger partial charge in [0.2, 0.25) is 5.91 Å². The molecule has 2 aromatic heterocycles. The zero-order valence-corrected chi connectivity index (χ0v) is 9.85. The van der Waals surface area contributed by atoms with Crippen molar-refractivity contribution < 1.29 is 18.0 Å². The number of aryl methyl sites for hydroxylation is 1. The van der Waals surface area contributed by atoms with E-state index in [1.165, 1.54) is 10.9 Å². The van der Waals surface area contributed by atoms with Crippen LogP contribution in [0.15, 0.2) is 24.7 Å². The molecule has 2 rings (SSSR count). The Balaban J connectivity index is 1.97. The monoisotopic (exact) mass is 273 g/mol. The molecule has 0 spiro atoms. The zero-order chi connectivity index (χ0) is 14.0. The molecule has 0 saturated heterocycles. The Morgan fingerprint density at radius 2 is 2.21 bits per heavy atom. The highest BCUT2D eigenvalue weighted by atomic mass is 19.4. The minimum absolute atomic E-state index is 0.301. The summed E-state index contributed by atoms with van der Waals surface area (Å²) in [6, 6.07) is 0.817. The molecule has 9 heteroatoms. The Kier molecular flexibility index (Phi) is 3.28. The van der Waals surface area contributed by atoms with Crippen molar-refractivity contribution >= 4 is 11.6 Å². The third kappa shape index (κ3) is 3.33. The van der Waals surface area contributed by atoms with E-state index in [1.807, 2.05) is 0 Å². The highest BCUT2D eigenvalue weighted by molar-refractivity contribution is 5.90. The van der Waals surface area contributed by atoms with Gasteiger partial charge in [-0.1, -0.05) is 0 Å². The molecule has 0 radical (unpaired) electrons. The van der Waals surface area contributed by atoms with Crippen LogP contribution in [0.1, 0.15) is 5.69 Å². The highest BCUT2D eigenvalue weighted by Gasteiger charge is 2.33. The van der Waals surface area contributed by atoms with E-state index in [0.29, 0.717) is 5.69 Å². The summed E-state index contributed by atoms with van der Waals surface area (Å²) in [5, 5.41) is 9.62. The van der Waals surface area contributed by atoms with E-state index in [-0.39, 0.29) is 6.54 Å². The number of rotatable bonds is 3. The first-order chi connectivity index (χ1) is 8.84. The minimum atomic E-state index is -4.51. The van der Waals surface area contributed by atoms with Gasteiger partial charge in [-0.05, 0) is 6.07 Å². The Morgan fingerprint density at radius 1 is 1.47 bits per heavy atom. The van der Waals surface area contributed by atoms with Gasteiger partial charge in [-0.3, -0.25) is 14.2 Å². The smallest absolute Gasteiger partial charge is 0.322 e. The van der Waals surface area contributed by atoms with Crippen molar-refractivity contribution in [2.75, 3.05) is 5.32 Å². The first-order valence-electron chi connectivity index (χ1n) is 5.24. The summed E-state index contributed by atoms with van der Waals surface area (Å²) in [5.74, 6) is -0.482. The number of carbonyl (C=O) groups excluding carboxylic acids is 1. The van der Waals surface area contributed by atoms with Crippen LogP contribution in [-0.4, -0.2) is 25.5 Å². The lowest BCUT2D eigenvalue weighted by molar-refractivity contribution is -0.141. The van der Waals surface area contributed by atoms with E-state index in [0.717, 1.165) is 16.9 Å². The van der Waals surface area contributed by atoms with E-state index >= 15 is 0 Å². The van der Waals surface area contributed by atoms with Crippen LogP contribution in [-0.2, 0) is 24.6 Å². The normalized spacial score (nSPS) is 11.6. The maximum Gasteiger partial charge on any atom is 0.435 e. The van der Waals surface area contributed by atoms with Crippen molar-refractivity contribution in [3.63, 3.8) is 0 Å². The maximum absolute atomic E-state index is 12.3. The summed E-state index contributed by atoms with van der Waals surface area (Å²) in [4.78, 5) is 11.6. The van der Waals surface area contributed by atoms with Gasteiger partial charge in [0.15, 0.2) is 5.69 Å². The van der Waals surface area contributed by atoms with Gasteiger partial charge in [0.05, 0.1) is 11.9 Å². The van der Waals surface area contributed by atoms with Crippen molar-refractivity contribution in [1.82, 2.24) is 19.6 Å². The van der Waals surface area contributed by atoms with Gasteiger partial charge in [-0.2, -0.15) is 23.4 Å². The average molecular weight is 273 g/mol. The highest BCUT2D eigenvalue weighted by Crippen LogP contribution is 2.27. The first kappa shape index (κ1) is 13.1. The molecular weight excluding hydrogens is 263 g/mol. The molecule has 0 aliphatic carbocycles. The second kappa shape index (κ2) is 4.75. The van der Waals surface area contributed by atoms with Crippen molar-refractivity contribution in [2.45, 2.75) is 12.7 Å². The van der Waals surface area contributed by atoms with E-state index in [4.69, 9.17) is 0 Å². The van der Waals surface area contributed by atoms with Crippen LogP contribution in [0.2, 0.25) is 0 Å². The molecule has 0 fully saturated rings. The largest absolute Gasteiger partial charge is 0.435 e. The Morgan fingerprint density at radius 3 is 2.74 bits per heavy atom. The van der Waals surface area contributed by atoms with Gasteiger partial charge in [0.1, 0.15) is 6.54 Å². The molecule has 0 aliphatic rings. The summed E-state index contributed by atoms with van der Waals surface area (Å²) in [5.41, 5.74) is -0.558. The van der Waals surface area contributed by atoms with Gasteiger partial charge >= 0.3 is 6.18 Å². The van der Waals surface area contributed by atoms with Crippen LogP contribution in [0.4, 0.5) is 18.9 Å². The van der Waals surface area contributed by atoms with Gasteiger partial charge in [-0.15, -0.1) is 0 Å². The topological polar surface area (TPSA) is 64.7 Å². The molecule has 0 saturated carbocycles. The second-order valence-electron chi connectivity index (χ2n) is 3.85. The molecule has 0 atom stereocenters. The number of nitrogens with zero attached hydrogens (tertiary/aromatic N) is 4. The average Bonchev–Trinajstić information content (AvgIpc) is 2.87. The standard InChI is InChI=1S/C10H10F3N5O/c1-17-5-7(4-14-17)15-9(19)6-18-3-2-8(16-18)10(11,12)13/h2-5H,6H2,1H3,(H,15,19). The van der Waals surface area contributed by atoms with Gasteiger partial charge < -0.3 is 5.32 Å². The quantitative estimate of drug-likeness (QED) is 0.916. The summed E-state index contributed by atoms with van der Waals surface area (Å²) < 4.78 is 39.3. The van der Waals surface area contributed by atoms with E-state index in [9.17, 15) is 18.0 Å². The number of carbonyl (C=O) groups is 1. The lowest BCUT2D eigenvalue weighted by Gasteiger charge is -2.03. The molecule has 2 aromatic rings. The Hall–Kier alpha value is -2.32. The number of anilines is 1. The van der Waals surface area contributed by atoms with Crippen LogP contribution in [0.5, 0.6) is 0 Å². The van der Waals surface area contributed by atoms with Gasteiger partial charge in [0, 0.05) is 19.4 Å². The fourth-order valence-corrected chi connectivity index (χ4v) is 1.43. The predicted octanol–water partition coefficient (Wildman–Crippen LogP) is 1.27. The van der Waals surface area contributed by atoms with Crippen molar-refractivity contribution in [1.29, 1.82) is 0 Å². The Bertz CT molecular complexity index is 586. The molecular formula is C10H10F3N5O. The molecule has 0 aromatic carbocycles. The van der Waals surface area contributed by atoms with Crippen LogP contribution < -0.4 is 5.32 Å². The summed E-state index contributed by atoms with van der Waals surface area (Å²) >= 11 is 0. The summed E-state index contributed by atoms with van der Waals surface area (Å²) in [6.07, 6.45) is -0.402. The maximum atomic E-state index is 12.3. The van der Waals surface area contributed by atoms with Crippen LogP contribution in [0.3, 0.4) is 0 Å². The summed E-state index contributed by atoms with van der Waals surface area (Å²) in [6.45, 7) is -0.301. The number of amides is 1. The third-order valence-corrected chi connectivity index (χ3v) is 2.23. The van der Waals surface area contributed by atoms with E-state index in [1.54, 1.807) is 13.2 Å². The predicted molar refractivity (Wildman–Crippen MR) is 59.1 cm³/mol. The van der Waals surface area contributed by atoms with Crippen molar-refractivity contribution in [3.8, 4) is 0 Å². The van der Waals surface area contributed by atoms with E-state index in [2.05, 4.69) is 15.5 Å². The first-order valence-corrected chi connectivity index (χ1v) is 5.24. The lowest BCUT2D eigenvalue weighted by atomic mass is 10.4. The number of nitrogens with one attached hydrogen (secondary N) is 1. The summed E-state index contributed by atoms with van der Waals surface area (Å²) in [7, 11) is 1.68. The number of aromatic nitrogens is 4. The van der Waals surface area contributed by atoms with E-state index < -0.39 is 17.8 Å². The fraction of sp³-hybridized carbons (Fsp3) is 0.300. The fourth-order valence-electron chi connectivity index (χ4n) is 1.43. The van der Waals surface area contributed by atoms with Gasteiger partial charge in [-0.25, -0.2) is 0 Å². The minimum Gasteiger partial charge on any atom is -0.322 e. The molecule has 0 bridgehead atoms. The zero-order valence-electron chi connectivity index (χ0n) is 9.85. The molecule has 1 amide bonds. The van der Waals surface area contributed by atoms with Gasteiger partial charge in [0.25, 0.3) is 0 Å². The lowest BCUT2D eigenvalue weighted by Crippen LogP contribution is -2.19. The van der Waals surface area contributed by atoms with Crippen LogP contribution >= 0.6 is 0 Å². The second-order valence-corrected chi connectivity index (χ2v) is 3.85. The molecule has 6 nitrogen and oxygen atoms in total. The number of hydrogen-bond donors (Lipinski definition) is 1. The Labute approximate surface area is 105 Å². The molecule has 102 valence electrons. The van der Waals surface area contributed by atoms with Crippen molar-refractivity contribution in [3.05, 3.63) is 30.4 Å². The number of hydrogen-bond acceptors (Lipinski definition) is 3. The molecule has 0 aliphatic heterocycles. The number of halogens is 3. The molecule has 2 heterocycles. The SMILES string of the molecule is Cn1cc(NC(=O)Cn2ccc(C(F)(F)F)n2)cn1. The number of alkyl halides is 3. The van der Waals surface area contributed by atoms with Crippen molar-refractivity contribution in [2.24, 2.45) is 7.05 Å². The molecule has 0 unspecified atom stereocenters. The van der Waals surface area contributed by atoms with Crippen LogP contribution in [0, 0.1) is 0 Å². The van der Waals surface area contributed by atoms with Crippen LogP contribution in [0.25, 0.3) is 0 Å². The third-order valence-electron chi connectivity index (χ3n) is 2.23. The molecule has 19 heavy (non-hydrogen) atoms.